The Kier molecular flexibility index (Phi) is 4.97. The average Bonchev–Trinajstić information content (AvgIpc) is 2.01. The van der Waals surface area contributed by atoms with E-state index in [1.807, 2.05) is 13.3 Å². The molecule has 1 atom stereocenters. The summed E-state index contributed by atoms with van der Waals surface area (Å²) in [4.78, 5) is 4.13. The first-order valence-corrected chi connectivity index (χ1v) is 5.05. The van der Waals surface area contributed by atoms with Gasteiger partial charge in [0.1, 0.15) is 0 Å². The van der Waals surface area contributed by atoms with Gasteiger partial charge in [-0.1, -0.05) is 46.8 Å². The predicted octanol–water partition coefficient (Wildman–Crippen LogP) is 3.56. The van der Waals surface area contributed by atoms with Crippen molar-refractivity contribution in [3.8, 4) is 0 Å². The zero-order valence-corrected chi connectivity index (χ0v) is 9.83. The lowest BCUT2D eigenvalue weighted by molar-refractivity contribution is 0.421. The number of allylic oxidation sites excluding steroid dienone is 2. The summed E-state index contributed by atoms with van der Waals surface area (Å²) in [7, 11) is 1.84. The van der Waals surface area contributed by atoms with Gasteiger partial charge in [0.05, 0.1) is 0 Å². The van der Waals surface area contributed by atoms with Gasteiger partial charge in [0.15, 0.2) is 0 Å². The molecule has 1 heteroatoms. The summed E-state index contributed by atoms with van der Waals surface area (Å²) in [6, 6.07) is 0. The summed E-state index contributed by atoms with van der Waals surface area (Å²) in [6.07, 6.45) is 6.56. The Morgan fingerprint density at radius 2 is 1.69 bits per heavy atom. The van der Waals surface area contributed by atoms with Crippen molar-refractivity contribution in [2.24, 2.45) is 22.2 Å². The highest BCUT2D eigenvalue weighted by atomic mass is 14.7. The molecule has 0 radical (unpaired) electrons. The van der Waals surface area contributed by atoms with E-state index in [1.54, 1.807) is 0 Å². The molecule has 0 fully saturated rings. The molecule has 0 rings (SSSR count). The standard InChI is InChI=1S/C12H23N/c1-10(2)7-8-12(5,9-13-6)11(3)4/h7-11H,1-6H3/b8-7-,13-9-. The fourth-order valence-electron chi connectivity index (χ4n) is 1.06. The molecule has 0 aromatic carbocycles. The van der Waals surface area contributed by atoms with Crippen molar-refractivity contribution in [2.75, 3.05) is 7.05 Å². The molecule has 76 valence electrons. The fraction of sp³-hybridized carbons (Fsp3) is 0.750. The molecule has 0 heterocycles. The van der Waals surface area contributed by atoms with Crippen LogP contribution >= 0.6 is 0 Å². The maximum Gasteiger partial charge on any atom is 0.0273 e. The van der Waals surface area contributed by atoms with Gasteiger partial charge in [-0.05, 0) is 11.8 Å². The summed E-state index contributed by atoms with van der Waals surface area (Å²) in [5.74, 6) is 1.20. The van der Waals surface area contributed by atoms with Crippen LogP contribution in [-0.2, 0) is 0 Å². The van der Waals surface area contributed by atoms with E-state index in [4.69, 9.17) is 0 Å². The fourth-order valence-corrected chi connectivity index (χ4v) is 1.06. The van der Waals surface area contributed by atoms with Crippen molar-refractivity contribution < 1.29 is 0 Å². The Morgan fingerprint density at radius 3 is 2.00 bits per heavy atom. The van der Waals surface area contributed by atoms with Gasteiger partial charge in [-0.25, -0.2) is 0 Å². The highest BCUT2D eigenvalue weighted by Gasteiger charge is 2.22. The average molecular weight is 181 g/mol. The van der Waals surface area contributed by atoms with Gasteiger partial charge in [0, 0.05) is 18.7 Å². The van der Waals surface area contributed by atoms with Crippen molar-refractivity contribution >= 4 is 6.21 Å². The molecule has 0 aromatic heterocycles. The molecular formula is C12H23N. The summed E-state index contributed by atoms with van der Waals surface area (Å²) < 4.78 is 0. The molecule has 13 heavy (non-hydrogen) atoms. The number of hydrogen-bond acceptors (Lipinski definition) is 1. The second-order valence-electron chi connectivity index (χ2n) is 4.51. The second-order valence-corrected chi connectivity index (χ2v) is 4.51. The quantitative estimate of drug-likeness (QED) is 0.464. The Morgan fingerprint density at radius 1 is 1.15 bits per heavy atom. The van der Waals surface area contributed by atoms with E-state index in [0.717, 1.165) is 0 Å². The molecule has 0 spiro atoms. The highest BCUT2D eigenvalue weighted by molar-refractivity contribution is 5.68. The van der Waals surface area contributed by atoms with Crippen molar-refractivity contribution in [1.29, 1.82) is 0 Å². The second kappa shape index (κ2) is 5.21. The summed E-state index contributed by atoms with van der Waals surface area (Å²) in [5.41, 5.74) is 0.110. The van der Waals surface area contributed by atoms with Crippen LogP contribution in [0.15, 0.2) is 17.1 Å². The minimum absolute atomic E-state index is 0.110. The van der Waals surface area contributed by atoms with E-state index < -0.39 is 0 Å². The third kappa shape index (κ3) is 4.25. The lowest BCUT2D eigenvalue weighted by Gasteiger charge is -2.26. The van der Waals surface area contributed by atoms with E-state index in [2.05, 4.69) is 51.8 Å². The van der Waals surface area contributed by atoms with Gasteiger partial charge in [0.2, 0.25) is 0 Å². The zero-order chi connectivity index (χ0) is 10.5. The number of nitrogens with zero attached hydrogens (tertiary/aromatic N) is 1. The Hall–Kier alpha value is -0.590. The van der Waals surface area contributed by atoms with Crippen molar-refractivity contribution in [2.45, 2.75) is 34.6 Å². The van der Waals surface area contributed by atoms with Gasteiger partial charge in [-0.3, -0.25) is 4.99 Å². The van der Waals surface area contributed by atoms with Crippen molar-refractivity contribution in [1.82, 2.24) is 0 Å². The van der Waals surface area contributed by atoms with Crippen LogP contribution in [0.4, 0.5) is 0 Å². The zero-order valence-electron chi connectivity index (χ0n) is 9.83. The molecule has 1 unspecified atom stereocenters. The lowest BCUT2D eigenvalue weighted by atomic mass is 9.79. The largest absolute Gasteiger partial charge is 0.300 e. The molecule has 0 aliphatic heterocycles. The van der Waals surface area contributed by atoms with Crippen LogP contribution in [0.1, 0.15) is 34.6 Å². The van der Waals surface area contributed by atoms with Gasteiger partial charge < -0.3 is 0 Å². The van der Waals surface area contributed by atoms with Gasteiger partial charge in [0.25, 0.3) is 0 Å². The van der Waals surface area contributed by atoms with Crippen LogP contribution in [-0.4, -0.2) is 13.3 Å². The Balaban J connectivity index is 4.60. The molecule has 0 bridgehead atoms. The van der Waals surface area contributed by atoms with Crippen LogP contribution in [0.3, 0.4) is 0 Å². The normalized spacial score (nSPS) is 17.8. The van der Waals surface area contributed by atoms with Crippen LogP contribution < -0.4 is 0 Å². The smallest absolute Gasteiger partial charge is 0.0273 e. The maximum absolute atomic E-state index is 4.13. The van der Waals surface area contributed by atoms with Crippen LogP contribution in [0.2, 0.25) is 0 Å². The Bertz CT molecular complexity index is 189. The first-order chi connectivity index (χ1) is 5.92. The predicted molar refractivity (Wildman–Crippen MR) is 61.3 cm³/mol. The lowest BCUT2D eigenvalue weighted by Crippen LogP contribution is -2.22. The van der Waals surface area contributed by atoms with E-state index in [1.165, 1.54) is 0 Å². The molecule has 1 nitrogen and oxygen atoms in total. The minimum atomic E-state index is 0.110. The summed E-state index contributed by atoms with van der Waals surface area (Å²) >= 11 is 0. The minimum Gasteiger partial charge on any atom is -0.300 e. The third-order valence-corrected chi connectivity index (χ3v) is 2.49. The molecule has 0 saturated carbocycles. The van der Waals surface area contributed by atoms with Crippen LogP contribution in [0, 0.1) is 17.3 Å². The van der Waals surface area contributed by atoms with Crippen LogP contribution in [0.25, 0.3) is 0 Å². The molecular weight excluding hydrogens is 158 g/mol. The first kappa shape index (κ1) is 12.4. The van der Waals surface area contributed by atoms with Crippen molar-refractivity contribution in [3.05, 3.63) is 12.2 Å². The first-order valence-electron chi connectivity index (χ1n) is 5.05. The van der Waals surface area contributed by atoms with Gasteiger partial charge in [-0.15, -0.1) is 0 Å². The SMILES string of the molecule is C/N=C\C(C)(/C=C\C(C)C)C(C)C. The summed E-state index contributed by atoms with van der Waals surface area (Å²) in [6.45, 7) is 11.1. The number of rotatable bonds is 4. The number of aliphatic imine (C=N–C) groups is 1. The van der Waals surface area contributed by atoms with E-state index in [9.17, 15) is 0 Å². The van der Waals surface area contributed by atoms with E-state index in [-0.39, 0.29) is 5.41 Å². The topological polar surface area (TPSA) is 12.4 Å². The van der Waals surface area contributed by atoms with Crippen molar-refractivity contribution in [3.63, 3.8) is 0 Å². The molecule has 0 aromatic rings. The number of hydrogen-bond donors (Lipinski definition) is 0. The molecule has 0 N–H and O–H groups in total. The molecule has 0 amide bonds. The molecule has 0 aliphatic rings. The van der Waals surface area contributed by atoms with Crippen LogP contribution in [0.5, 0.6) is 0 Å². The van der Waals surface area contributed by atoms with E-state index >= 15 is 0 Å². The summed E-state index contributed by atoms with van der Waals surface area (Å²) in [5, 5.41) is 0. The Labute approximate surface area is 83.0 Å². The van der Waals surface area contributed by atoms with E-state index in [0.29, 0.717) is 11.8 Å². The van der Waals surface area contributed by atoms with Gasteiger partial charge >= 0.3 is 0 Å². The molecule has 0 saturated heterocycles. The molecule has 0 aliphatic carbocycles. The van der Waals surface area contributed by atoms with Gasteiger partial charge in [-0.2, -0.15) is 0 Å². The third-order valence-electron chi connectivity index (χ3n) is 2.49. The monoisotopic (exact) mass is 181 g/mol. The highest BCUT2D eigenvalue weighted by Crippen LogP contribution is 2.26. The maximum atomic E-state index is 4.13.